The van der Waals surface area contributed by atoms with Crippen molar-refractivity contribution in [3.05, 3.63) is 46.9 Å². The standard InChI is InChI=1S/C10H12N2O2/c1-2-3-5-12-10(14)8-7-11-6-4-9(8)13/h2,4,6-7H,1,3,5H2,(H,11,13)(H,12,14). The summed E-state index contributed by atoms with van der Waals surface area (Å²) in [5, 5.41) is 2.61. The third-order valence-corrected chi connectivity index (χ3v) is 1.70. The van der Waals surface area contributed by atoms with Gasteiger partial charge in [0.05, 0.1) is 0 Å². The predicted molar refractivity (Wildman–Crippen MR) is 54.2 cm³/mol. The van der Waals surface area contributed by atoms with Crippen molar-refractivity contribution >= 4 is 5.91 Å². The molecule has 0 radical (unpaired) electrons. The molecule has 2 N–H and O–H groups in total. The van der Waals surface area contributed by atoms with Gasteiger partial charge in [-0.2, -0.15) is 0 Å². The quantitative estimate of drug-likeness (QED) is 0.544. The van der Waals surface area contributed by atoms with Crippen LogP contribution in [-0.2, 0) is 0 Å². The third-order valence-electron chi connectivity index (χ3n) is 1.70. The highest BCUT2D eigenvalue weighted by Crippen LogP contribution is 1.88. The number of aromatic nitrogens is 1. The van der Waals surface area contributed by atoms with Crippen LogP contribution in [0.4, 0.5) is 0 Å². The van der Waals surface area contributed by atoms with Gasteiger partial charge in [-0.05, 0) is 6.42 Å². The normalized spacial score (nSPS) is 9.43. The van der Waals surface area contributed by atoms with Crippen LogP contribution in [0.5, 0.6) is 0 Å². The van der Waals surface area contributed by atoms with Crippen LogP contribution >= 0.6 is 0 Å². The molecule has 0 spiro atoms. The van der Waals surface area contributed by atoms with E-state index in [0.717, 1.165) is 0 Å². The number of H-pyrrole nitrogens is 1. The minimum atomic E-state index is -0.353. The summed E-state index contributed by atoms with van der Waals surface area (Å²) in [6.45, 7) is 4.03. The molecular formula is C10H12N2O2. The zero-order valence-corrected chi connectivity index (χ0v) is 7.75. The van der Waals surface area contributed by atoms with Gasteiger partial charge < -0.3 is 10.3 Å². The van der Waals surface area contributed by atoms with E-state index in [2.05, 4.69) is 16.9 Å². The van der Waals surface area contributed by atoms with Gasteiger partial charge in [-0.1, -0.05) is 6.08 Å². The molecule has 1 rings (SSSR count). The zero-order chi connectivity index (χ0) is 10.4. The number of carbonyl (C=O) groups is 1. The number of amides is 1. The highest BCUT2D eigenvalue weighted by Gasteiger charge is 2.07. The number of pyridine rings is 1. The summed E-state index contributed by atoms with van der Waals surface area (Å²) in [6.07, 6.45) is 5.28. The molecule has 0 atom stereocenters. The van der Waals surface area contributed by atoms with Crippen LogP contribution in [0.25, 0.3) is 0 Å². The first-order valence-electron chi connectivity index (χ1n) is 4.32. The first kappa shape index (κ1) is 10.2. The summed E-state index contributed by atoms with van der Waals surface area (Å²) in [6, 6.07) is 1.32. The number of nitrogens with one attached hydrogen (secondary N) is 2. The summed E-state index contributed by atoms with van der Waals surface area (Å²) in [4.78, 5) is 25.3. The summed E-state index contributed by atoms with van der Waals surface area (Å²) in [7, 11) is 0. The highest BCUT2D eigenvalue weighted by atomic mass is 16.2. The molecule has 0 aromatic carbocycles. The molecule has 0 aliphatic rings. The summed E-state index contributed by atoms with van der Waals surface area (Å²) >= 11 is 0. The zero-order valence-electron chi connectivity index (χ0n) is 7.75. The van der Waals surface area contributed by atoms with Crippen molar-refractivity contribution in [3.8, 4) is 0 Å². The van der Waals surface area contributed by atoms with Gasteiger partial charge in [0, 0.05) is 25.0 Å². The van der Waals surface area contributed by atoms with Gasteiger partial charge in [0.15, 0.2) is 5.43 Å². The third kappa shape index (κ3) is 2.58. The SMILES string of the molecule is C=CCCNC(=O)c1c[nH]ccc1=O. The molecule has 4 nitrogen and oxygen atoms in total. The van der Waals surface area contributed by atoms with Gasteiger partial charge >= 0.3 is 0 Å². The van der Waals surface area contributed by atoms with Crippen molar-refractivity contribution in [2.24, 2.45) is 0 Å². The van der Waals surface area contributed by atoms with Gasteiger partial charge in [0.25, 0.3) is 5.91 Å². The maximum absolute atomic E-state index is 11.4. The molecule has 0 unspecified atom stereocenters. The summed E-state index contributed by atoms with van der Waals surface area (Å²) in [5.41, 5.74) is -0.142. The van der Waals surface area contributed by atoms with E-state index < -0.39 is 0 Å². The van der Waals surface area contributed by atoms with Gasteiger partial charge in [0.1, 0.15) is 5.56 Å². The first-order chi connectivity index (χ1) is 6.75. The lowest BCUT2D eigenvalue weighted by Crippen LogP contribution is -2.28. The lowest BCUT2D eigenvalue weighted by Gasteiger charge is -2.01. The minimum absolute atomic E-state index is 0.136. The second-order valence-corrected chi connectivity index (χ2v) is 2.76. The Morgan fingerprint density at radius 2 is 2.43 bits per heavy atom. The first-order valence-corrected chi connectivity index (χ1v) is 4.32. The van der Waals surface area contributed by atoms with Gasteiger partial charge in [0.2, 0.25) is 0 Å². The average Bonchev–Trinajstić information content (AvgIpc) is 2.18. The van der Waals surface area contributed by atoms with Crippen LogP contribution in [-0.4, -0.2) is 17.4 Å². The Morgan fingerprint density at radius 3 is 3.07 bits per heavy atom. The molecular weight excluding hydrogens is 180 g/mol. The van der Waals surface area contributed by atoms with Crippen LogP contribution < -0.4 is 10.7 Å². The number of hydrogen-bond donors (Lipinski definition) is 2. The Labute approximate surface area is 81.7 Å². The molecule has 0 saturated heterocycles. The van der Waals surface area contributed by atoms with E-state index in [0.29, 0.717) is 13.0 Å². The predicted octanol–water partition coefficient (Wildman–Crippen LogP) is 0.681. The number of carbonyl (C=O) groups excluding carboxylic acids is 1. The average molecular weight is 192 g/mol. The smallest absolute Gasteiger partial charge is 0.256 e. The van der Waals surface area contributed by atoms with Crippen molar-refractivity contribution < 1.29 is 4.79 Å². The van der Waals surface area contributed by atoms with Gasteiger partial charge in [-0.15, -0.1) is 6.58 Å². The second kappa shape index (κ2) is 5.01. The highest BCUT2D eigenvalue weighted by molar-refractivity contribution is 5.93. The molecule has 1 aromatic rings. The maximum atomic E-state index is 11.4. The molecule has 1 heterocycles. The Balaban J connectivity index is 2.65. The molecule has 0 bridgehead atoms. The van der Waals surface area contributed by atoms with E-state index in [4.69, 9.17) is 0 Å². The molecule has 4 heteroatoms. The van der Waals surface area contributed by atoms with Crippen molar-refractivity contribution in [3.63, 3.8) is 0 Å². The maximum Gasteiger partial charge on any atom is 0.256 e. The van der Waals surface area contributed by atoms with Gasteiger partial charge in [-0.3, -0.25) is 9.59 Å². The number of rotatable bonds is 4. The fraction of sp³-hybridized carbons (Fsp3) is 0.200. The Bertz CT molecular complexity index is 382. The molecule has 14 heavy (non-hydrogen) atoms. The Morgan fingerprint density at radius 1 is 1.64 bits per heavy atom. The second-order valence-electron chi connectivity index (χ2n) is 2.76. The number of aromatic amines is 1. The lowest BCUT2D eigenvalue weighted by atomic mass is 10.2. The van der Waals surface area contributed by atoms with Crippen molar-refractivity contribution in [1.82, 2.24) is 10.3 Å². The van der Waals surface area contributed by atoms with E-state index in [1.807, 2.05) is 0 Å². The molecule has 74 valence electrons. The van der Waals surface area contributed by atoms with Crippen molar-refractivity contribution in [2.45, 2.75) is 6.42 Å². The van der Waals surface area contributed by atoms with E-state index in [9.17, 15) is 9.59 Å². The van der Waals surface area contributed by atoms with E-state index in [-0.39, 0.29) is 16.9 Å². The summed E-state index contributed by atoms with van der Waals surface area (Å²) < 4.78 is 0. The van der Waals surface area contributed by atoms with Crippen LogP contribution in [0.1, 0.15) is 16.8 Å². The molecule has 1 amide bonds. The van der Waals surface area contributed by atoms with Gasteiger partial charge in [-0.25, -0.2) is 0 Å². The molecule has 0 saturated carbocycles. The molecule has 1 aromatic heterocycles. The van der Waals surface area contributed by atoms with Crippen LogP contribution in [0, 0.1) is 0 Å². The topological polar surface area (TPSA) is 62.0 Å². The monoisotopic (exact) mass is 192 g/mol. The van der Waals surface area contributed by atoms with E-state index in [1.54, 1.807) is 6.08 Å². The molecule has 0 fully saturated rings. The van der Waals surface area contributed by atoms with Crippen molar-refractivity contribution in [2.75, 3.05) is 6.54 Å². The fourth-order valence-electron chi connectivity index (χ4n) is 0.977. The lowest BCUT2D eigenvalue weighted by molar-refractivity contribution is 0.0953. The minimum Gasteiger partial charge on any atom is -0.367 e. The van der Waals surface area contributed by atoms with Crippen molar-refractivity contribution in [1.29, 1.82) is 0 Å². The Kier molecular flexibility index (Phi) is 3.67. The summed E-state index contributed by atoms with van der Waals surface area (Å²) in [5.74, 6) is -0.353. The molecule has 0 aliphatic heterocycles. The van der Waals surface area contributed by atoms with Crippen LogP contribution in [0.2, 0.25) is 0 Å². The Hall–Kier alpha value is -1.84. The van der Waals surface area contributed by atoms with E-state index in [1.165, 1.54) is 18.5 Å². The largest absolute Gasteiger partial charge is 0.367 e. The fourth-order valence-corrected chi connectivity index (χ4v) is 0.977. The van der Waals surface area contributed by atoms with Crippen LogP contribution in [0.3, 0.4) is 0 Å². The number of hydrogen-bond acceptors (Lipinski definition) is 2. The van der Waals surface area contributed by atoms with Crippen LogP contribution in [0.15, 0.2) is 35.9 Å². The molecule has 0 aliphatic carbocycles. The van der Waals surface area contributed by atoms with E-state index >= 15 is 0 Å².